The number of carbonyl (C=O) groups excluding carboxylic acids is 2. The highest BCUT2D eigenvalue weighted by Gasteiger charge is 2.24. The topological polar surface area (TPSA) is 55.4 Å². The van der Waals surface area contributed by atoms with E-state index < -0.39 is 35.1 Å². The first-order valence-electron chi connectivity index (χ1n) is 7.67. The molecule has 0 spiro atoms. The monoisotopic (exact) mass is 423 g/mol. The Morgan fingerprint density at radius 3 is 2.35 bits per heavy atom. The van der Waals surface area contributed by atoms with E-state index in [1.54, 1.807) is 12.2 Å². The number of hydrogen-bond acceptors (Lipinski definition) is 3. The third-order valence-electron chi connectivity index (χ3n) is 3.53. The molecule has 136 valence electrons. The number of rotatable bonds is 6. The van der Waals surface area contributed by atoms with Crippen molar-refractivity contribution in [2.45, 2.75) is 12.5 Å². The van der Waals surface area contributed by atoms with Crippen molar-refractivity contribution < 1.29 is 23.1 Å². The fourth-order valence-corrected chi connectivity index (χ4v) is 2.48. The normalized spacial score (nSPS) is 12.0. The second-order valence-corrected chi connectivity index (χ2v) is 6.25. The van der Waals surface area contributed by atoms with Crippen LogP contribution in [0, 0.1) is 11.6 Å². The molecule has 0 aromatic heterocycles. The van der Waals surface area contributed by atoms with Gasteiger partial charge in [-0.05, 0) is 36.2 Å². The zero-order chi connectivity index (χ0) is 19.1. The first-order valence-corrected chi connectivity index (χ1v) is 8.46. The molecule has 4 nitrogen and oxygen atoms in total. The molecule has 1 amide bonds. The highest BCUT2D eigenvalue weighted by molar-refractivity contribution is 9.10. The number of benzene rings is 2. The number of amides is 1. The average Bonchev–Trinajstić information content (AvgIpc) is 2.61. The lowest BCUT2D eigenvalue weighted by Crippen LogP contribution is -2.41. The molecule has 0 unspecified atom stereocenters. The van der Waals surface area contributed by atoms with Gasteiger partial charge in [-0.25, -0.2) is 13.6 Å². The van der Waals surface area contributed by atoms with Crippen LogP contribution in [0.15, 0.2) is 53.0 Å². The Balaban J connectivity index is 2.11. The molecule has 0 fully saturated rings. The van der Waals surface area contributed by atoms with Crippen molar-refractivity contribution in [3.8, 4) is 0 Å². The number of methoxy groups -OCH3 is 1. The van der Waals surface area contributed by atoms with Gasteiger partial charge in [-0.2, -0.15) is 0 Å². The molecule has 1 atom stereocenters. The van der Waals surface area contributed by atoms with Gasteiger partial charge in [0.2, 0.25) is 0 Å². The summed E-state index contributed by atoms with van der Waals surface area (Å²) < 4.78 is 33.0. The number of nitrogens with one attached hydrogen (secondary N) is 1. The van der Waals surface area contributed by atoms with Crippen LogP contribution in [0.5, 0.6) is 0 Å². The van der Waals surface area contributed by atoms with Crippen molar-refractivity contribution in [3.05, 3.63) is 75.8 Å². The second kappa shape index (κ2) is 9.24. The molecule has 0 aliphatic rings. The molecular formula is C19H16BrF2NO3. The third kappa shape index (κ3) is 5.23. The molecule has 1 N–H and O–H groups in total. The van der Waals surface area contributed by atoms with Crippen LogP contribution >= 0.6 is 15.9 Å². The van der Waals surface area contributed by atoms with Crippen LogP contribution in [0.25, 0.3) is 6.08 Å². The summed E-state index contributed by atoms with van der Waals surface area (Å²) in [5.41, 5.74) is 0.154. The molecule has 0 saturated heterocycles. The maximum Gasteiger partial charge on any atom is 0.328 e. The smallest absolute Gasteiger partial charge is 0.328 e. The number of ether oxygens (including phenoxy) is 1. The quantitative estimate of drug-likeness (QED) is 0.711. The SMILES string of the molecule is COC(=O)[C@H](C/C=C/c1ccc(Br)cc1)NC(=O)c1c(F)cccc1F. The molecule has 2 aromatic rings. The van der Waals surface area contributed by atoms with E-state index in [1.807, 2.05) is 24.3 Å². The highest BCUT2D eigenvalue weighted by Crippen LogP contribution is 2.14. The first kappa shape index (κ1) is 19.8. The predicted molar refractivity (Wildman–Crippen MR) is 97.4 cm³/mol. The maximum absolute atomic E-state index is 13.7. The predicted octanol–water partition coefficient (Wildman–Crippen LogP) is 4.10. The van der Waals surface area contributed by atoms with Gasteiger partial charge in [0.1, 0.15) is 23.2 Å². The standard InChI is InChI=1S/C19H16BrF2NO3/c1-26-19(25)16(7-2-4-12-8-10-13(20)11-9-12)23-18(24)17-14(21)5-3-6-15(17)22/h2-6,8-11,16H,7H2,1H3,(H,23,24)/b4-2+/t16-/m0/s1. The molecule has 0 saturated carbocycles. The summed E-state index contributed by atoms with van der Waals surface area (Å²) in [7, 11) is 1.17. The average molecular weight is 424 g/mol. The van der Waals surface area contributed by atoms with Gasteiger partial charge >= 0.3 is 5.97 Å². The number of carbonyl (C=O) groups is 2. The lowest BCUT2D eigenvalue weighted by atomic mass is 10.1. The number of esters is 1. The van der Waals surface area contributed by atoms with Crippen molar-refractivity contribution in [2.24, 2.45) is 0 Å². The van der Waals surface area contributed by atoms with Crippen LogP contribution in [0.1, 0.15) is 22.3 Å². The highest BCUT2D eigenvalue weighted by atomic mass is 79.9. The minimum atomic E-state index is -1.07. The van der Waals surface area contributed by atoms with Crippen LogP contribution in [0.2, 0.25) is 0 Å². The Kier molecular flexibility index (Phi) is 7.03. The van der Waals surface area contributed by atoms with Gasteiger partial charge in [-0.3, -0.25) is 4.79 Å². The van der Waals surface area contributed by atoms with E-state index >= 15 is 0 Å². The largest absolute Gasteiger partial charge is 0.467 e. The van der Waals surface area contributed by atoms with Crippen LogP contribution in [0.4, 0.5) is 8.78 Å². The van der Waals surface area contributed by atoms with Crippen LogP contribution < -0.4 is 5.32 Å². The summed E-state index contributed by atoms with van der Waals surface area (Å²) in [6, 6.07) is 9.47. The molecule has 26 heavy (non-hydrogen) atoms. The molecular weight excluding hydrogens is 408 g/mol. The van der Waals surface area contributed by atoms with Crippen molar-refractivity contribution in [1.29, 1.82) is 0 Å². The fraction of sp³-hybridized carbons (Fsp3) is 0.158. The van der Waals surface area contributed by atoms with Gasteiger partial charge in [0.15, 0.2) is 0 Å². The van der Waals surface area contributed by atoms with E-state index in [0.717, 1.165) is 28.2 Å². The van der Waals surface area contributed by atoms with Gasteiger partial charge in [-0.1, -0.05) is 46.3 Å². The summed E-state index contributed by atoms with van der Waals surface area (Å²) in [6.45, 7) is 0. The Morgan fingerprint density at radius 2 is 1.77 bits per heavy atom. The first-order chi connectivity index (χ1) is 12.4. The van der Waals surface area contributed by atoms with E-state index in [2.05, 4.69) is 26.0 Å². The summed E-state index contributed by atoms with van der Waals surface area (Å²) >= 11 is 3.33. The minimum Gasteiger partial charge on any atom is -0.467 e. The van der Waals surface area contributed by atoms with Crippen molar-refractivity contribution in [3.63, 3.8) is 0 Å². The Morgan fingerprint density at radius 1 is 1.15 bits per heavy atom. The summed E-state index contributed by atoms with van der Waals surface area (Å²) in [5.74, 6) is -3.74. The van der Waals surface area contributed by atoms with E-state index in [1.165, 1.54) is 7.11 Å². The van der Waals surface area contributed by atoms with E-state index in [0.29, 0.717) is 0 Å². The maximum atomic E-state index is 13.7. The van der Waals surface area contributed by atoms with Gasteiger partial charge in [0.25, 0.3) is 5.91 Å². The minimum absolute atomic E-state index is 0.102. The second-order valence-electron chi connectivity index (χ2n) is 5.34. The number of halogens is 3. The van der Waals surface area contributed by atoms with E-state index in [4.69, 9.17) is 0 Å². The molecule has 0 heterocycles. The molecule has 0 aliphatic heterocycles. The molecule has 0 radical (unpaired) electrons. The van der Waals surface area contributed by atoms with Crippen molar-refractivity contribution in [1.82, 2.24) is 5.32 Å². The lowest BCUT2D eigenvalue weighted by molar-refractivity contribution is -0.142. The van der Waals surface area contributed by atoms with Crippen molar-refractivity contribution in [2.75, 3.05) is 7.11 Å². The van der Waals surface area contributed by atoms with Gasteiger partial charge in [0, 0.05) is 4.47 Å². The lowest BCUT2D eigenvalue weighted by Gasteiger charge is -2.15. The summed E-state index contributed by atoms with van der Waals surface area (Å²) in [6.07, 6.45) is 3.53. The molecule has 2 rings (SSSR count). The molecule has 2 aromatic carbocycles. The van der Waals surface area contributed by atoms with Gasteiger partial charge in [0.05, 0.1) is 7.11 Å². The molecule has 0 aliphatic carbocycles. The summed E-state index contributed by atoms with van der Waals surface area (Å²) in [5, 5.41) is 2.31. The van der Waals surface area contributed by atoms with Crippen molar-refractivity contribution >= 4 is 33.9 Å². The Labute approximate surface area is 158 Å². The van der Waals surface area contributed by atoms with Crippen LogP contribution in [-0.2, 0) is 9.53 Å². The zero-order valence-electron chi connectivity index (χ0n) is 13.8. The van der Waals surface area contributed by atoms with Crippen LogP contribution in [0.3, 0.4) is 0 Å². The summed E-state index contributed by atoms with van der Waals surface area (Å²) in [4.78, 5) is 24.0. The Hall–Kier alpha value is -2.54. The van der Waals surface area contributed by atoms with E-state index in [9.17, 15) is 18.4 Å². The zero-order valence-corrected chi connectivity index (χ0v) is 15.4. The molecule has 7 heteroatoms. The van der Waals surface area contributed by atoms with Gasteiger partial charge < -0.3 is 10.1 Å². The van der Waals surface area contributed by atoms with Crippen LogP contribution in [-0.4, -0.2) is 25.0 Å². The van der Waals surface area contributed by atoms with Gasteiger partial charge in [-0.15, -0.1) is 0 Å². The van der Waals surface area contributed by atoms with E-state index in [-0.39, 0.29) is 6.42 Å². The molecule has 0 bridgehead atoms. The third-order valence-corrected chi connectivity index (χ3v) is 4.06. The Bertz CT molecular complexity index is 802. The number of hydrogen-bond donors (Lipinski definition) is 1. The fourth-order valence-electron chi connectivity index (χ4n) is 2.22.